The van der Waals surface area contributed by atoms with Crippen molar-refractivity contribution in [1.82, 2.24) is 9.55 Å². The van der Waals surface area contributed by atoms with Gasteiger partial charge in [-0.3, -0.25) is 0 Å². The summed E-state index contributed by atoms with van der Waals surface area (Å²) in [7, 11) is 0. The van der Waals surface area contributed by atoms with Crippen molar-refractivity contribution < 1.29 is 0 Å². The van der Waals surface area contributed by atoms with E-state index in [-0.39, 0.29) is 0 Å². The molecule has 0 spiro atoms. The van der Waals surface area contributed by atoms with Crippen LogP contribution in [0.5, 0.6) is 0 Å². The van der Waals surface area contributed by atoms with E-state index >= 15 is 0 Å². The first-order chi connectivity index (χ1) is 35.2. The van der Waals surface area contributed by atoms with Crippen molar-refractivity contribution in [2.45, 2.75) is 0 Å². The number of pyridine rings is 1. The molecule has 12 rings (SSSR count). The van der Waals surface area contributed by atoms with Gasteiger partial charge in [-0.15, -0.1) is 0 Å². The molecule has 0 aliphatic carbocycles. The molecule has 0 fully saturated rings. The Morgan fingerprint density at radius 2 is 0.718 bits per heavy atom. The topological polar surface area (TPSA) is 41.6 Å². The molecular weight excluding hydrogens is 985 g/mol. The molecule has 10 aromatic carbocycles. The molecule has 0 saturated carbocycles. The summed E-state index contributed by atoms with van der Waals surface area (Å²) in [5.74, 6) is 0. The van der Waals surface area contributed by atoms with Gasteiger partial charge in [0.15, 0.2) is 0 Å². The van der Waals surface area contributed by atoms with Gasteiger partial charge in [0.25, 0.3) is 0 Å². The molecule has 0 aliphatic rings. The van der Waals surface area contributed by atoms with E-state index in [9.17, 15) is 5.26 Å². The normalized spacial score (nSPS) is 11.3. The van der Waals surface area contributed by atoms with Gasteiger partial charge in [0, 0.05) is 11.1 Å². The van der Waals surface area contributed by atoms with Crippen LogP contribution in [0, 0.1) is 11.3 Å². The van der Waals surface area contributed by atoms with Gasteiger partial charge >= 0.3 is 310 Å². The fraction of sp³-hybridized carbons (Fsp3) is 0. The van der Waals surface area contributed by atoms with Gasteiger partial charge in [0.2, 0.25) is 0 Å². The summed E-state index contributed by atoms with van der Waals surface area (Å²) < 4.78 is 10.9. The van der Waals surface area contributed by atoms with E-state index in [0.29, 0.717) is 5.56 Å². The SMILES string of the molecule is N#Cc1ccc(-c2cc(-c3ccccc3)nc(-c3ccccc3)c2)cc1-c1ccc(-n2c3ccc([As](c4ccccc4)c4ccccc4)cc3c3cc([As](c4ccccc4)c4ccccc4)ccc32)cc1. The first kappa shape index (κ1) is 44.0. The van der Waals surface area contributed by atoms with Crippen molar-refractivity contribution >= 4 is 77.2 Å². The molecule has 2 heterocycles. The van der Waals surface area contributed by atoms with Gasteiger partial charge in [-0.1, -0.05) is 66.7 Å². The average molecular weight is 1030 g/mol. The van der Waals surface area contributed by atoms with Crippen LogP contribution in [0.15, 0.2) is 273 Å². The van der Waals surface area contributed by atoms with E-state index in [2.05, 4.69) is 241 Å². The maximum atomic E-state index is 10.5. The van der Waals surface area contributed by atoms with E-state index < -0.39 is 29.3 Å². The Morgan fingerprint density at radius 1 is 0.324 bits per heavy atom. The second-order valence-corrected chi connectivity index (χ2v) is 26.8. The van der Waals surface area contributed by atoms with Gasteiger partial charge in [-0.05, 0) is 17.7 Å². The van der Waals surface area contributed by atoms with Crippen LogP contribution in [-0.4, -0.2) is 38.9 Å². The maximum absolute atomic E-state index is 10.5. The molecule has 334 valence electrons. The quantitative estimate of drug-likeness (QED) is 0.121. The Hall–Kier alpha value is -8.24. The third kappa shape index (κ3) is 8.75. The zero-order valence-electron chi connectivity index (χ0n) is 38.7. The van der Waals surface area contributed by atoms with Crippen LogP contribution in [0.1, 0.15) is 5.56 Å². The summed E-state index contributed by atoms with van der Waals surface area (Å²) in [6.07, 6.45) is 0. The molecule has 5 heteroatoms. The first-order valence-corrected chi connectivity index (χ1v) is 29.5. The minimum absolute atomic E-state index is 0.630. The summed E-state index contributed by atoms with van der Waals surface area (Å²) >= 11 is -3.86. The number of hydrogen-bond donors (Lipinski definition) is 0. The van der Waals surface area contributed by atoms with Gasteiger partial charge in [-0.25, -0.2) is 4.98 Å². The Morgan fingerprint density at radius 3 is 1.13 bits per heavy atom. The number of benzene rings is 10. The van der Waals surface area contributed by atoms with Gasteiger partial charge in [0.1, 0.15) is 0 Å². The number of hydrogen-bond acceptors (Lipinski definition) is 2. The Balaban J connectivity index is 1.00. The van der Waals surface area contributed by atoms with E-state index in [1.807, 2.05) is 42.5 Å². The van der Waals surface area contributed by atoms with E-state index in [4.69, 9.17) is 4.98 Å². The van der Waals surface area contributed by atoms with Crippen LogP contribution in [0.2, 0.25) is 0 Å². The van der Waals surface area contributed by atoms with Crippen molar-refractivity contribution in [3.05, 3.63) is 279 Å². The van der Waals surface area contributed by atoms with Crippen LogP contribution < -0.4 is 26.1 Å². The predicted octanol–water partition coefficient (Wildman–Crippen LogP) is 11.8. The monoisotopic (exact) mass is 1030 g/mol. The molecule has 0 aliphatic heterocycles. The van der Waals surface area contributed by atoms with Gasteiger partial charge in [0.05, 0.1) is 11.4 Å². The molecule has 12 aromatic rings. The molecule has 71 heavy (non-hydrogen) atoms. The average Bonchev–Trinajstić information content (AvgIpc) is 3.77. The summed E-state index contributed by atoms with van der Waals surface area (Å²) in [4.78, 5) is 5.12. The second kappa shape index (κ2) is 19.6. The molecular formula is C66H45As2N3. The molecule has 2 aromatic heterocycles. The second-order valence-electron chi connectivity index (χ2n) is 17.5. The number of nitriles is 1. The Kier molecular flexibility index (Phi) is 12.2. The van der Waals surface area contributed by atoms with Crippen molar-refractivity contribution in [1.29, 1.82) is 5.26 Å². The molecule has 0 radical (unpaired) electrons. The summed E-state index contributed by atoms with van der Waals surface area (Å²) in [5.41, 5.74) is 11.9. The number of nitrogens with zero attached hydrogens (tertiary/aromatic N) is 3. The summed E-state index contributed by atoms with van der Waals surface area (Å²) in [6.45, 7) is 0. The third-order valence-corrected chi connectivity index (χ3v) is 23.4. The molecule has 0 saturated heterocycles. The van der Waals surface area contributed by atoms with Crippen molar-refractivity contribution in [2.75, 3.05) is 0 Å². The number of aromatic nitrogens is 2. The fourth-order valence-corrected chi connectivity index (χ4v) is 19.5. The molecule has 0 unspecified atom stereocenters. The van der Waals surface area contributed by atoms with E-state index in [1.165, 1.54) is 47.9 Å². The van der Waals surface area contributed by atoms with Crippen LogP contribution in [0.3, 0.4) is 0 Å². The van der Waals surface area contributed by atoms with Crippen molar-refractivity contribution in [3.63, 3.8) is 0 Å². The van der Waals surface area contributed by atoms with Crippen molar-refractivity contribution in [2.24, 2.45) is 0 Å². The van der Waals surface area contributed by atoms with Crippen LogP contribution in [0.4, 0.5) is 0 Å². The standard InChI is InChI=1S/C66H45As2N3/c69-46-51-32-31-50(52-42-63(48-19-7-1-8-20-48)70-64(43-52)49-21-9-2-10-22-49)41-60(51)47-33-37-59(38-34-47)71-65-39-35-57(67(53-23-11-3-12-24-53)54-25-13-4-14-26-54)44-61(65)62-45-58(36-40-66(62)71)68(55-27-15-5-16-28-55)56-29-17-6-18-30-56/h1-45H. The molecule has 0 N–H and O–H groups in total. The summed E-state index contributed by atoms with van der Waals surface area (Å²) in [6, 6.07) is 101. The van der Waals surface area contributed by atoms with Crippen LogP contribution in [0.25, 0.3) is 72.3 Å². The predicted molar refractivity (Wildman–Crippen MR) is 300 cm³/mol. The van der Waals surface area contributed by atoms with E-state index in [0.717, 1.165) is 50.5 Å². The molecule has 3 nitrogen and oxygen atoms in total. The summed E-state index contributed by atoms with van der Waals surface area (Å²) in [5, 5.41) is 13.0. The third-order valence-electron chi connectivity index (χ3n) is 13.2. The number of rotatable bonds is 11. The van der Waals surface area contributed by atoms with Crippen LogP contribution >= 0.6 is 0 Å². The zero-order valence-corrected chi connectivity index (χ0v) is 42.5. The molecule has 0 amide bonds. The van der Waals surface area contributed by atoms with Gasteiger partial charge < -0.3 is 0 Å². The van der Waals surface area contributed by atoms with Crippen molar-refractivity contribution in [3.8, 4) is 56.5 Å². The minimum atomic E-state index is -1.93. The Labute approximate surface area is 424 Å². The van der Waals surface area contributed by atoms with Gasteiger partial charge in [-0.2, -0.15) is 5.26 Å². The molecule has 0 bridgehead atoms. The first-order valence-electron chi connectivity index (χ1n) is 23.8. The molecule has 0 atom stereocenters. The van der Waals surface area contributed by atoms with Crippen LogP contribution in [-0.2, 0) is 0 Å². The van der Waals surface area contributed by atoms with E-state index in [1.54, 1.807) is 0 Å². The Bertz CT molecular complexity index is 3580. The zero-order chi connectivity index (χ0) is 47.5. The number of fused-ring (bicyclic) bond motifs is 3. The fourth-order valence-electron chi connectivity index (χ4n) is 9.82.